The minimum Gasteiger partial charge on any atom is -0.356 e. The molecule has 0 bridgehead atoms. The number of aromatic nitrogens is 1. The SMILES string of the molecule is CNCc1cc(C)nc(N(C)C2CCCCC2C)c1. The van der Waals surface area contributed by atoms with Gasteiger partial charge in [-0.1, -0.05) is 19.8 Å². The molecule has 0 aliphatic heterocycles. The molecule has 3 heteroatoms. The van der Waals surface area contributed by atoms with Crippen LogP contribution in [0.1, 0.15) is 43.9 Å². The van der Waals surface area contributed by atoms with Crippen molar-refractivity contribution in [1.82, 2.24) is 10.3 Å². The molecule has 2 unspecified atom stereocenters. The number of hydrogen-bond donors (Lipinski definition) is 1. The molecular weight excluding hydrogens is 234 g/mol. The average molecular weight is 261 g/mol. The molecule has 1 aromatic rings. The van der Waals surface area contributed by atoms with Gasteiger partial charge in [-0.15, -0.1) is 0 Å². The highest BCUT2D eigenvalue weighted by Crippen LogP contribution is 2.30. The van der Waals surface area contributed by atoms with Gasteiger partial charge in [-0.05, 0) is 50.4 Å². The van der Waals surface area contributed by atoms with Crippen LogP contribution in [-0.2, 0) is 6.54 Å². The molecule has 1 saturated carbocycles. The topological polar surface area (TPSA) is 28.2 Å². The van der Waals surface area contributed by atoms with Gasteiger partial charge in [0.25, 0.3) is 0 Å². The van der Waals surface area contributed by atoms with Gasteiger partial charge in [0.15, 0.2) is 0 Å². The lowest BCUT2D eigenvalue weighted by molar-refractivity contribution is 0.320. The maximum absolute atomic E-state index is 4.72. The van der Waals surface area contributed by atoms with Crippen molar-refractivity contribution in [3.63, 3.8) is 0 Å². The second-order valence-corrected chi connectivity index (χ2v) is 5.95. The Labute approximate surface area is 117 Å². The highest BCUT2D eigenvalue weighted by molar-refractivity contribution is 5.43. The zero-order valence-electron chi connectivity index (χ0n) is 12.7. The Morgan fingerprint density at radius 3 is 2.74 bits per heavy atom. The number of rotatable bonds is 4. The standard InChI is InChI=1S/C16H27N3/c1-12-7-5-6-8-15(12)19(4)16-10-14(11-17-3)9-13(2)18-16/h9-10,12,15,17H,5-8,11H2,1-4H3. The lowest BCUT2D eigenvalue weighted by atomic mass is 9.85. The number of nitrogens with zero attached hydrogens (tertiary/aromatic N) is 2. The zero-order chi connectivity index (χ0) is 13.8. The van der Waals surface area contributed by atoms with Crippen LogP contribution in [0.3, 0.4) is 0 Å². The van der Waals surface area contributed by atoms with Crippen LogP contribution in [0.25, 0.3) is 0 Å². The first-order valence-corrected chi connectivity index (χ1v) is 7.47. The molecule has 0 saturated heterocycles. The van der Waals surface area contributed by atoms with Gasteiger partial charge in [0.1, 0.15) is 5.82 Å². The first-order valence-electron chi connectivity index (χ1n) is 7.47. The molecule has 2 rings (SSSR count). The first-order chi connectivity index (χ1) is 9.11. The van der Waals surface area contributed by atoms with Gasteiger partial charge < -0.3 is 10.2 Å². The molecule has 1 aliphatic carbocycles. The number of anilines is 1. The van der Waals surface area contributed by atoms with E-state index in [1.807, 2.05) is 7.05 Å². The number of nitrogens with one attached hydrogen (secondary N) is 1. The van der Waals surface area contributed by atoms with E-state index >= 15 is 0 Å². The third kappa shape index (κ3) is 3.47. The summed E-state index contributed by atoms with van der Waals surface area (Å²) in [5.74, 6) is 1.90. The first kappa shape index (κ1) is 14.3. The Morgan fingerprint density at radius 2 is 2.05 bits per heavy atom. The summed E-state index contributed by atoms with van der Waals surface area (Å²) >= 11 is 0. The van der Waals surface area contributed by atoms with E-state index in [-0.39, 0.29) is 0 Å². The van der Waals surface area contributed by atoms with Gasteiger partial charge >= 0.3 is 0 Å². The Kier molecular flexibility index (Phi) is 4.81. The monoisotopic (exact) mass is 261 g/mol. The fourth-order valence-corrected chi connectivity index (χ4v) is 3.25. The normalized spacial score (nSPS) is 23.4. The van der Waals surface area contributed by atoms with Crippen LogP contribution in [0.15, 0.2) is 12.1 Å². The largest absolute Gasteiger partial charge is 0.356 e. The van der Waals surface area contributed by atoms with Crippen LogP contribution in [0, 0.1) is 12.8 Å². The van der Waals surface area contributed by atoms with E-state index in [1.54, 1.807) is 0 Å². The summed E-state index contributed by atoms with van der Waals surface area (Å²) in [6, 6.07) is 5.04. The minimum absolute atomic E-state index is 0.644. The van der Waals surface area contributed by atoms with Gasteiger partial charge in [0.05, 0.1) is 0 Å². The van der Waals surface area contributed by atoms with Gasteiger partial charge in [0.2, 0.25) is 0 Å². The summed E-state index contributed by atoms with van der Waals surface area (Å²) < 4.78 is 0. The second-order valence-electron chi connectivity index (χ2n) is 5.95. The van der Waals surface area contributed by atoms with E-state index in [9.17, 15) is 0 Å². The summed E-state index contributed by atoms with van der Waals surface area (Å²) in [5.41, 5.74) is 2.43. The third-order valence-electron chi connectivity index (χ3n) is 4.31. The van der Waals surface area contributed by atoms with E-state index in [4.69, 9.17) is 4.98 Å². The van der Waals surface area contributed by atoms with Crippen LogP contribution in [0.2, 0.25) is 0 Å². The van der Waals surface area contributed by atoms with Gasteiger partial charge in [-0.25, -0.2) is 4.98 Å². The molecule has 1 fully saturated rings. The van der Waals surface area contributed by atoms with Crippen LogP contribution in [0.4, 0.5) is 5.82 Å². The molecule has 3 nitrogen and oxygen atoms in total. The molecule has 106 valence electrons. The Balaban J connectivity index is 2.19. The highest BCUT2D eigenvalue weighted by Gasteiger charge is 2.25. The molecule has 0 spiro atoms. The number of pyridine rings is 1. The summed E-state index contributed by atoms with van der Waals surface area (Å²) in [6.07, 6.45) is 5.39. The predicted molar refractivity (Wildman–Crippen MR) is 81.6 cm³/mol. The van der Waals surface area contributed by atoms with Crippen molar-refractivity contribution in [3.05, 3.63) is 23.4 Å². The minimum atomic E-state index is 0.644. The fourth-order valence-electron chi connectivity index (χ4n) is 3.25. The van der Waals surface area contributed by atoms with Crippen molar-refractivity contribution >= 4 is 5.82 Å². The Bertz CT molecular complexity index is 416. The van der Waals surface area contributed by atoms with E-state index in [0.29, 0.717) is 6.04 Å². The second kappa shape index (κ2) is 6.38. The molecule has 0 radical (unpaired) electrons. The molecule has 1 aliphatic rings. The van der Waals surface area contributed by atoms with E-state index in [0.717, 1.165) is 24.0 Å². The summed E-state index contributed by atoms with van der Waals surface area (Å²) in [4.78, 5) is 7.12. The quantitative estimate of drug-likeness (QED) is 0.902. The van der Waals surface area contributed by atoms with Crippen molar-refractivity contribution in [3.8, 4) is 0 Å². The van der Waals surface area contributed by atoms with Crippen molar-refractivity contribution < 1.29 is 0 Å². The van der Waals surface area contributed by atoms with Crippen LogP contribution >= 0.6 is 0 Å². The fraction of sp³-hybridized carbons (Fsp3) is 0.688. The van der Waals surface area contributed by atoms with E-state index in [1.165, 1.54) is 31.2 Å². The Hall–Kier alpha value is -1.09. The number of hydrogen-bond acceptors (Lipinski definition) is 3. The van der Waals surface area contributed by atoms with Gasteiger partial charge in [0, 0.05) is 25.3 Å². The molecular formula is C16H27N3. The predicted octanol–water partition coefficient (Wildman–Crippen LogP) is 3.12. The summed E-state index contributed by atoms with van der Waals surface area (Å²) in [5, 5.41) is 3.22. The summed E-state index contributed by atoms with van der Waals surface area (Å²) in [6.45, 7) is 5.37. The van der Waals surface area contributed by atoms with Crippen LogP contribution < -0.4 is 10.2 Å². The highest BCUT2D eigenvalue weighted by atomic mass is 15.2. The van der Waals surface area contributed by atoms with Crippen molar-refractivity contribution in [2.45, 2.75) is 52.1 Å². The average Bonchev–Trinajstić information content (AvgIpc) is 2.38. The maximum atomic E-state index is 4.72. The third-order valence-corrected chi connectivity index (χ3v) is 4.31. The Morgan fingerprint density at radius 1 is 1.32 bits per heavy atom. The van der Waals surface area contributed by atoms with Crippen LogP contribution in [-0.4, -0.2) is 25.1 Å². The zero-order valence-corrected chi connectivity index (χ0v) is 12.7. The van der Waals surface area contributed by atoms with E-state index in [2.05, 4.69) is 43.2 Å². The van der Waals surface area contributed by atoms with Crippen molar-refractivity contribution in [2.24, 2.45) is 5.92 Å². The van der Waals surface area contributed by atoms with Crippen LogP contribution in [0.5, 0.6) is 0 Å². The molecule has 19 heavy (non-hydrogen) atoms. The molecule has 1 N–H and O–H groups in total. The van der Waals surface area contributed by atoms with Gasteiger partial charge in [-0.2, -0.15) is 0 Å². The molecule has 0 amide bonds. The molecule has 1 aromatic heterocycles. The molecule has 2 atom stereocenters. The van der Waals surface area contributed by atoms with Crippen molar-refractivity contribution in [2.75, 3.05) is 19.0 Å². The maximum Gasteiger partial charge on any atom is 0.129 e. The molecule has 1 heterocycles. The summed E-state index contributed by atoms with van der Waals surface area (Å²) in [7, 11) is 4.19. The molecule has 0 aromatic carbocycles. The van der Waals surface area contributed by atoms with Gasteiger partial charge in [-0.3, -0.25) is 0 Å². The van der Waals surface area contributed by atoms with E-state index < -0.39 is 0 Å². The lowest BCUT2D eigenvalue weighted by Gasteiger charge is -2.37. The lowest BCUT2D eigenvalue weighted by Crippen LogP contribution is -2.39. The number of aryl methyl sites for hydroxylation is 1. The van der Waals surface area contributed by atoms with Crippen molar-refractivity contribution in [1.29, 1.82) is 0 Å². The smallest absolute Gasteiger partial charge is 0.129 e.